The van der Waals surface area contributed by atoms with Gasteiger partial charge in [-0.15, -0.1) is 11.3 Å². The lowest BCUT2D eigenvalue weighted by Gasteiger charge is -1.98. The molecule has 2 rings (SSSR count). The third-order valence-electron chi connectivity index (χ3n) is 2.03. The van der Waals surface area contributed by atoms with Gasteiger partial charge in [-0.05, 0) is 13.1 Å². The first-order valence-corrected chi connectivity index (χ1v) is 5.91. The van der Waals surface area contributed by atoms with E-state index in [0.717, 1.165) is 27.8 Å². The van der Waals surface area contributed by atoms with Gasteiger partial charge in [-0.3, -0.25) is 0 Å². The van der Waals surface area contributed by atoms with Crippen molar-refractivity contribution in [3.63, 3.8) is 0 Å². The third kappa shape index (κ3) is 2.37. The maximum absolute atomic E-state index is 6.09. The molecule has 0 radical (unpaired) electrons. The highest BCUT2D eigenvalue weighted by atomic mass is 35.5. The Kier molecular flexibility index (Phi) is 3.36. The lowest BCUT2D eigenvalue weighted by Crippen LogP contribution is -2.04. The van der Waals surface area contributed by atoms with Crippen molar-refractivity contribution >= 4 is 22.9 Å². The van der Waals surface area contributed by atoms with E-state index in [1.165, 1.54) is 0 Å². The molecule has 4 heteroatoms. The summed E-state index contributed by atoms with van der Waals surface area (Å²) in [7, 11) is 1.91. The van der Waals surface area contributed by atoms with Crippen LogP contribution in [0.2, 0.25) is 5.02 Å². The fourth-order valence-electron chi connectivity index (χ4n) is 1.34. The van der Waals surface area contributed by atoms with Gasteiger partial charge in [-0.25, -0.2) is 4.98 Å². The van der Waals surface area contributed by atoms with Crippen LogP contribution in [-0.4, -0.2) is 12.0 Å². The van der Waals surface area contributed by atoms with Crippen LogP contribution in [0.5, 0.6) is 0 Å². The van der Waals surface area contributed by atoms with Crippen LogP contribution >= 0.6 is 22.9 Å². The van der Waals surface area contributed by atoms with E-state index >= 15 is 0 Å². The molecule has 2 aromatic rings. The number of aromatic nitrogens is 1. The molecule has 1 aromatic carbocycles. The topological polar surface area (TPSA) is 24.9 Å². The van der Waals surface area contributed by atoms with Crippen LogP contribution in [0.15, 0.2) is 29.6 Å². The van der Waals surface area contributed by atoms with Crippen molar-refractivity contribution in [2.75, 3.05) is 7.05 Å². The van der Waals surface area contributed by atoms with Crippen LogP contribution in [0.4, 0.5) is 0 Å². The van der Waals surface area contributed by atoms with Gasteiger partial charge in [0.15, 0.2) is 0 Å². The Morgan fingerprint density at radius 2 is 2.20 bits per heavy atom. The summed E-state index contributed by atoms with van der Waals surface area (Å²) >= 11 is 7.74. The predicted octanol–water partition coefficient (Wildman–Crippen LogP) is 3.18. The minimum Gasteiger partial charge on any atom is -0.314 e. The quantitative estimate of drug-likeness (QED) is 0.889. The normalized spacial score (nSPS) is 10.5. The molecule has 0 aliphatic heterocycles. The Morgan fingerprint density at radius 3 is 2.93 bits per heavy atom. The zero-order valence-corrected chi connectivity index (χ0v) is 9.90. The molecule has 15 heavy (non-hydrogen) atoms. The molecule has 1 N–H and O–H groups in total. The number of hydrogen-bond donors (Lipinski definition) is 1. The first-order valence-electron chi connectivity index (χ1n) is 4.65. The van der Waals surface area contributed by atoms with Crippen LogP contribution in [-0.2, 0) is 6.54 Å². The monoisotopic (exact) mass is 238 g/mol. The van der Waals surface area contributed by atoms with Crippen LogP contribution in [0.1, 0.15) is 5.01 Å². The van der Waals surface area contributed by atoms with E-state index < -0.39 is 0 Å². The summed E-state index contributed by atoms with van der Waals surface area (Å²) in [5.74, 6) is 0. The number of hydrogen-bond acceptors (Lipinski definition) is 3. The summed E-state index contributed by atoms with van der Waals surface area (Å²) in [6, 6.07) is 7.76. The van der Waals surface area contributed by atoms with E-state index in [9.17, 15) is 0 Å². The summed E-state index contributed by atoms with van der Waals surface area (Å²) < 4.78 is 0. The van der Waals surface area contributed by atoms with Crippen molar-refractivity contribution in [2.45, 2.75) is 6.54 Å². The van der Waals surface area contributed by atoms with Gasteiger partial charge >= 0.3 is 0 Å². The lowest BCUT2D eigenvalue weighted by molar-refractivity contribution is 0.811. The van der Waals surface area contributed by atoms with E-state index in [-0.39, 0.29) is 0 Å². The largest absolute Gasteiger partial charge is 0.314 e. The zero-order chi connectivity index (χ0) is 10.7. The van der Waals surface area contributed by atoms with Crippen LogP contribution in [0.25, 0.3) is 11.3 Å². The number of thiazole rings is 1. The van der Waals surface area contributed by atoms with Gasteiger partial charge in [-0.1, -0.05) is 29.8 Å². The van der Waals surface area contributed by atoms with Crippen molar-refractivity contribution in [3.8, 4) is 11.3 Å². The standard InChI is InChI=1S/C11H11ClN2S/c1-13-6-11-14-10(7-15-11)8-4-2-3-5-9(8)12/h2-5,7,13H,6H2,1H3. The van der Waals surface area contributed by atoms with E-state index in [1.807, 2.05) is 36.7 Å². The molecule has 1 heterocycles. The Bertz CT molecular complexity index is 453. The summed E-state index contributed by atoms with van der Waals surface area (Å²) in [5.41, 5.74) is 1.95. The Morgan fingerprint density at radius 1 is 1.40 bits per heavy atom. The average Bonchev–Trinajstić information content (AvgIpc) is 2.68. The van der Waals surface area contributed by atoms with E-state index in [1.54, 1.807) is 11.3 Å². The first kappa shape index (κ1) is 10.6. The predicted molar refractivity (Wildman–Crippen MR) is 65.3 cm³/mol. The van der Waals surface area contributed by atoms with Crippen molar-refractivity contribution in [2.24, 2.45) is 0 Å². The van der Waals surface area contributed by atoms with Gasteiger partial charge in [-0.2, -0.15) is 0 Å². The Hall–Kier alpha value is -0.900. The number of nitrogens with one attached hydrogen (secondary N) is 1. The second kappa shape index (κ2) is 4.75. The van der Waals surface area contributed by atoms with Crippen molar-refractivity contribution in [1.29, 1.82) is 0 Å². The molecule has 2 nitrogen and oxygen atoms in total. The van der Waals surface area contributed by atoms with E-state index in [2.05, 4.69) is 10.3 Å². The Labute approximate surface area is 97.9 Å². The second-order valence-electron chi connectivity index (χ2n) is 3.14. The van der Waals surface area contributed by atoms with Crippen LogP contribution < -0.4 is 5.32 Å². The van der Waals surface area contributed by atoms with E-state index in [0.29, 0.717) is 0 Å². The maximum Gasteiger partial charge on any atom is 0.107 e. The molecule has 78 valence electrons. The van der Waals surface area contributed by atoms with Crippen LogP contribution in [0, 0.1) is 0 Å². The van der Waals surface area contributed by atoms with Crippen LogP contribution in [0.3, 0.4) is 0 Å². The lowest BCUT2D eigenvalue weighted by atomic mass is 10.2. The molecule has 0 aliphatic rings. The molecule has 0 saturated carbocycles. The first-order chi connectivity index (χ1) is 7.31. The van der Waals surface area contributed by atoms with Gasteiger partial charge in [0, 0.05) is 22.5 Å². The highest BCUT2D eigenvalue weighted by molar-refractivity contribution is 7.09. The smallest absolute Gasteiger partial charge is 0.107 e. The molecule has 0 aliphatic carbocycles. The SMILES string of the molecule is CNCc1nc(-c2ccccc2Cl)cs1. The minimum absolute atomic E-state index is 0.749. The zero-order valence-electron chi connectivity index (χ0n) is 8.33. The molecular formula is C11H11ClN2S. The second-order valence-corrected chi connectivity index (χ2v) is 4.49. The minimum atomic E-state index is 0.749. The molecule has 0 saturated heterocycles. The highest BCUT2D eigenvalue weighted by Gasteiger charge is 2.06. The number of nitrogens with zero attached hydrogens (tertiary/aromatic N) is 1. The fraction of sp³-hybridized carbons (Fsp3) is 0.182. The van der Waals surface area contributed by atoms with Gasteiger partial charge in [0.1, 0.15) is 5.01 Å². The van der Waals surface area contributed by atoms with Gasteiger partial charge in [0.25, 0.3) is 0 Å². The van der Waals surface area contributed by atoms with E-state index in [4.69, 9.17) is 11.6 Å². The molecule has 0 fully saturated rings. The van der Waals surface area contributed by atoms with Gasteiger partial charge in [0.2, 0.25) is 0 Å². The van der Waals surface area contributed by atoms with Crippen molar-refractivity contribution in [3.05, 3.63) is 39.7 Å². The van der Waals surface area contributed by atoms with Crippen molar-refractivity contribution in [1.82, 2.24) is 10.3 Å². The molecular weight excluding hydrogens is 228 g/mol. The molecule has 0 atom stereocenters. The number of rotatable bonds is 3. The Balaban J connectivity index is 2.33. The molecule has 1 aromatic heterocycles. The average molecular weight is 239 g/mol. The summed E-state index contributed by atoms with van der Waals surface area (Å²) in [6.07, 6.45) is 0. The molecule has 0 bridgehead atoms. The summed E-state index contributed by atoms with van der Waals surface area (Å²) in [5, 5.41) is 6.94. The van der Waals surface area contributed by atoms with Gasteiger partial charge in [0.05, 0.1) is 5.69 Å². The third-order valence-corrected chi connectivity index (χ3v) is 3.21. The molecule has 0 spiro atoms. The fourth-order valence-corrected chi connectivity index (χ4v) is 2.37. The maximum atomic E-state index is 6.09. The summed E-state index contributed by atoms with van der Waals surface area (Å²) in [6.45, 7) is 0.801. The number of halogens is 1. The molecule has 0 amide bonds. The number of benzene rings is 1. The van der Waals surface area contributed by atoms with Gasteiger partial charge < -0.3 is 5.32 Å². The molecule has 0 unspecified atom stereocenters. The van der Waals surface area contributed by atoms with Crippen molar-refractivity contribution < 1.29 is 0 Å². The highest BCUT2D eigenvalue weighted by Crippen LogP contribution is 2.28. The summed E-state index contributed by atoms with van der Waals surface area (Å²) in [4.78, 5) is 4.50.